The maximum absolute atomic E-state index is 10.5. The van der Waals surface area contributed by atoms with Crippen molar-refractivity contribution in [2.24, 2.45) is 9.98 Å². The van der Waals surface area contributed by atoms with E-state index in [-0.39, 0.29) is 28.6 Å². The number of phenols is 2. The summed E-state index contributed by atoms with van der Waals surface area (Å²) in [4.78, 5) is 18.0. The molecule has 4 rings (SSSR count). The molecule has 0 amide bonds. The summed E-state index contributed by atoms with van der Waals surface area (Å²) >= 11 is 0. The molecule has 0 atom stereocenters. The zero-order valence-corrected chi connectivity index (χ0v) is 19.6. The number of phenolic OH excluding ortho intramolecular Hbond substituents is 2. The maximum atomic E-state index is 10.5. The molecule has 0 saturated heterocycles. The number of ether oxygens (including phenoxy) is 2. The first-order valence-corrected chi connectivity index (χ1v) is 10.2. The van der Waals surface area contributed by atoms with Crippen molar-refractivity contribution < 1.29 is 46.7 Å². The van der Waals surface area contributed by atoms with E-state index in [9.17, 15) is 10.2 Å². The summed E-state index contributed by atoms with van der Waals surface area (Å²) in [5, 5.41) is 28.4. The van der Waals surface area contributed by atoms with Gasteiger partial charge in [0.1, 0.15) is 0 Å². The molecule has 0 aliphatic carbocycles. The first-order valence-electron chi connectivity index (χ1n) is 10.2. The van der Waals surface area contributed by atoms with Crippen LogP contribution in [0.3, 0.4) is 0 Å². The van der Waals surface area contributed by atoms with Crippen molar-refractivity contribution in [1.82, 2.24) is 0 Å². The van der Waals surface area contributed by atoms with Gasteiger partial charge in [0, 0.05) is 54.0 Å². The van der Waals surface area contributed by atoms with Crippen LogP contribution in [0.2, 0.25) is 0 Å². The summed E-state index contributed by atoms with van der Waals surface area (Å²) in [6, 6.07) is 17.9. The molecule has 0 saturated carbocycles. The minimum atomic E-state index is -0.833. The number of rotatable bonds is 0. The Morgan fingerprint density at radius 1 is 0.765 bits per heavy atom. The van der Waals surface area contributed by atoms with Crippen LogP contribution < -0.4 is 9.47 Å². The Morgan fingerprint density at radius 3 is 1.59 bits per heavy atom. The number of carbonyl (C=O) groups is 1. The SMILES string of the molecule is CC(=O)O.Oc1c2cccc1OCCCOc1cccc(c1O)C=Nc1ccccc1N=C2.[Mn]. The van der Waals surface area contributed by atoms with Crippen LogP contribution in [-0.4, -0.2) is 46.9 Å². The van der Waals surface area contributed by atoms with Gasteiger partial charge in [-0.25, -0.2) is 0 Å². The molecule has 0 spiro atoms. The topological polar surface area (TPSA) is 121 Å². The Kier molecular flexibility index (Phi) is 10.1. The van der Waals surface area contributed by atoms with Crippen LogP contribution in [0.1, 0.15) is 24.5 Å². The van der Waals surface area contributed by atoms with E-state index in [4.69, 9.17) is 19.4 Å². The Labute approximate surface area is 207 Å². The van der Waals surface area contributed by atoms with Crippen LogP contribution in [0, 0.1) is 0 Å². The van der Waals surface area contributed by atoms with Crippen LogP contribution in [-0.2, 0) is 21.9 Å². The number of fused-ring (bicyclic) bond motifs is 5. The fourth-order valence-corrected chi connectivity index (χ4v) is 2.90. The van der Waals surface area contributed by atoms with Crippen LogP contribution in [0.4, 0.5) is 11.4 Å². The molecule has 4 bridgehead atoms. The average Bonchev–Trinajstić information content (AvgIpc) is 2.79. The zero-order chi connectivity index (χ0) is 23.6. The van der Waals surface area contributed by atoms with Gasteiger partial charge in [0.2, 0.25) is 0 Å². The second-order valence-corrected chi connectivity index (χ2v) is 6.96. The van der Waals surface area contributed by atoms with Gasteiger partial charge in [0.05, 0.1) is 24.6 Å². The number of nitrogens with zero attached hydrogens (tertiary/aromatic N) is 2. The van der Waals surface area contributed by atoms with E-state index in [1.807, 2.05) is 24.3 Å². The number of hydrogen-bond acceptors (Lipinski definition) is 7. The van der Waals surface area contributed by atoms with E-state index < -0.39 is 5.97 Å². The summed E-state index contributed by atoms with van der Waals surface area (Å²) in [6.07, 6.45) is 3.74. The van der Waals surface area contributed by atoms with Crippen LogP contribution >= 0.6 is 0 Å². The van der Waals surface area contributed by atoms with Gasteiger partial charge in [-0.2, -0.15) is 0 Å². The van der Waals surface area contributed by atoms with Crippen molar-refractivity contribution in [3.05, 3.63) is 71.8 Å². The minimum absolute atomic E-state index is 0. The van der Waals surface area contributed by atoms with E-state index >= 15 is 0 Å². The van der Waals surface area contributed by atoms with Gasteiger partial charge < -0.3 is 24.8 Å². The van der Waals surface area contributed by atoms with Crippen LogP contribution in [0.5, 0.6) is 23.0 Å². The van der Waals surface area contributed by atoms with Crippen molar-refractivity contribution in [1.29, 1.82) is 0 Å². The predicted molar refractivity (Wildman–Crippen MR) is 126 cm³/mol. The number of aliphatic imine (C=N–C) groups is 2. The molecule has 1 heterocycles. The van der Waals surface area contributed by atoms with E-state index in [1.54, 1.807) is 48.8 Å². The maximum Gasteiger partial charge on any atom is 0.300 e. The first-order chi connectivity index (χ1) is 16.0. The number of para-hydroxylation sites is 4. The summed E-state index contributed by atoms with van der Waals surface area (Å²) in [6.45, 7) is 1.80. The van der Waals surface area contributed by atoms with Gasteiger partial charge in [-0.3, -0.25) is 14.8 Å². The number of carboxylic acids is 1. The summed E-state index contributed by atoms with van der Waals surface area (Å²) in [5.41, 5.74) is 2.36. The molecule has 9 heteroatoms. The van der Waals surface area contributed by atoms with Crippen LogP contribution in [0.15, 0.2) is 70.6 Å². The molecule has 3 aromatic carbocycles. The van der Waals surface area contributed by atoms with Gasteiger partial charge in [-0.05, 0) is 36.4 Å². The third kappa shape index (κ3) is 7.37. The molecule has 0 unspecified atom stereocenters. The zero-order valence-electron chi connectivity index (χ0n) is 18.4. The van der Waals surface area contributed by atoms with E-state index in [0.717, 1.165) is 6.92 Å². The van der Waals surface area contributed by atoms with Crippen molar-refractivity contribution in [2.75, 3.05) is 13.2 Å². The van der Waals surface area contributed by atoms with Crippen molar-refractivity contribution >= 4 is 29.8 Å². The Bertz CT molecular complexity index is 1090. The third-order valence-corrected chi connectivity index (χ3v) is 4.43. The monoisotopic (exact) mass is 503 g/mol. The number of hydrogen-bond donors (Lipinski definition) is 3. The van der Waals surface area contributed by atoms with Crippen molar-refractivity contribution in [3.63, 3.8) is 0 Å². The van der Waals surface area contributed by atoms with E-state index in [2.05, 4.69) is 9.98 Å². The molecule has 0 fully saturated rings. The second kappa shape index (κ2) is 13.0. The molecule has 3 N–H and O–H groups in total. The summed E-state index contributed by atoms with van der Waals surface area (Å²) in [5.74, 6) is 0.00219. The molecule has 1 radical (unpaired) electrons. The summed E-state index contributed by atoms with van der Waals surface area (Å²) in [7, 11) is 0. The molecule has 8 nitrogen and oxygen atoms in total. The first kappa shape index (κ1) is 26.4. The number of aliphatic carboxylic acids is 1. The van der Waals surface area contributed by atoms with Gasteiger partial charge >= 0.3 is 0 Å². The normalized spacial score (nSPS) is 12.4. The molecular weight excluding hydrogens is 479 g/mol. The van der Waals surface area contributed by atoms with E-state index in [0.29, 0.717) is 53.6 Å². The fourth-order valence-electron chi connectivity index (χ4n) is 2.90. The van der Waals surface area contributed by atoms with Crippen LogP contribution in [0.25, 0.3) is 0 Å². The van der Waals surface area contributed by atoms with Gasteiger partial charge in [0.15, 0.2) is 23.0 Å². The predicted octanol–water partition coefficient (Wildman–Crippen LogP) is 4.85. The molecule has 3 aromatic rings. The Hall–Kier alpha value is -3.81. The van der Waals surface area contributed by atoms with E-state index in [1.165, 1.54) is 0 Å². The molecular formula is C25H24MnN2O6. The molecule has 34 heavy (non-hydrogen) atoms. The number of carboxylic acid groups (broad SMARTS) is 1. The fraction of sp³-hybridized carbons (Fsp3) is 0.160. The molecule has 1 aliphatic rings. The van der Waals surface area contributed by atoms with Crippen molar-refractivity contribution in [3.8, 4) is 23.0 Å². The average molecular weight is 503 g/mol. The molecule has 177 valence electrons. The molecule has 1 aliphatic heterocycles. The van der Waals surface area contributed by atoms with Gasteiger partial charge in [0.25, 0.3) is 5.97 Å². The Balaban J connectivity index is 0.000000758. The smallest absolute Gasteiger partial charge is 0.300 e. The van der Waals surface area contributed by atoms with Gasteiger partial charge in [-0.1, -0.05) is 24.3 Å². The molecule has 0 aromatic heterocycles. The largest absolute Gasteiger partial charge is 0.504 e. The van der Waals surface area contributed by atoms with Gasteiger partial charge in [-0.15, -0.1) is 0 Å². The quantitative estimate of drug-likeness (QED) is 0.377. The van der Waals surface area contributed by atoms with Crippen molar-refractivity contribution in [2.45, 2.75) is 13.3 Å². The second-order valence-electron chi connectivity index (χ2n) is 6.96. The standard InChI is InChI=1S/C23H20N2O4.C2H4O2.Mn/c26-22-16-6-3-10-20(22)28-12-5-13-29-21-11-4-7-17(23(21)27)15-25-19-9-2-1-8-18(19)24-14-16;1-2(3)4;/h1-4,6-11,14-15,26-27H,5,12-13H2;1H3,(H,3,4);. The third-order valence-electron chi connectivity index (χ3n) is 4.43. The minimum Gasteiger partial charge on any atom is -0.504 e. The summed E-state index contributed by atoms with van der Waals surface area (Å²) < 4.78 is 11.4. The number of aromatic hydroxyl groups is 2. The Morgan fingerprint density at radius 2 is 1.18 bits per heavy atom. The number of benzene rings is 3.